The normalized spacial score (nSPS) is 10.8. The number of aromatic hydroxyl groups is 1. The van der Waals surface area contributed by atoms with Gasteiger partial charge in [0.1, 0.15) is 5.75 Å². The number of phenolic OH excluding ortho intramolecular Hbond substituents is 1. The molecule has 0 saturated heterocycles. The van der Waals surface area contributed by atoms with Crippen LogP contribution in [-0.4, -0.2) is 16.3 Å². The third kappa shape index (κ3) is 3.07. The molecule has 0 radical (unpaired) electrons. The highest BCUT2D eigenvalue weighted by Gasteiger charge is 2.04. The number of phenols is 1. The van der Waals surface area contributed by atoms with E-state index in [1.807, 2.05) is 37.3 Å². The lowest BCUT2D eigenvalue weighted by Crippen LogP contribution is -1.89. The fraction of sp³-hybridized carbons (Fsp3) is 0.125. The molecule has 1 heterocycles. The Morgan fingerprint density at radius 3 is 2.89 bits per heavy atom. The predicted molar refractivity (Wildman–Crippen MR) is 78.2 cm³/mol. The molecule has 0 atom stereocenters. The van der Waals surface area contributed by atoms with Crippen LogP contribution in [0.5, 0.6) is 5.75 Å². The highest BCUT2D eigenvalue weighted by molar-refractivity contribution is 5.85. The number of benzene rings is 1. The average molecular weight is 252 g/mol. The molecule has 0 bridgehead atoms. The van der Waals surface area contributed by atoms with Crippen molar-refractivity contribution in [2.75, 3.05) is 0 Å². The summed E-state index contributed by atoms with van der Waals surface area (Å²) >= 11 is 0. The molecule has 2 rings (SSSR count). The van der Waals surface area contributed by atoms with Crippen molar-refractivity contribution in [3.8, 4) is 5.75 Å². The molecule has 1 aromatic heterocycles. The molecule has 0 fully saturated rings. The Kier molecular flexibility index (Phi) is 4.08. The molecule has 3 nitrogen and oxygen atoms in total. The number of aliphatic imine (C=N–C) groups is 1. The zero-order chi connectivity index (χ0) is 13.7. The number of para-hydroxylation sites is 1. The Labute approximate surface area is 113 Å². The van der Waals surface area contributed by atoms with Crippen LogP contribution in [0, 0.1) is 6.92 Å². The molecule has 3 heteroatoms. The monoisotopic (exact) mass is 252 g/mol. The molecule has 2 aromatic rings. The van der Waals surface area contributed by atoms with Gasteiger partial charge in [0.25, 0.3) is 0 Å². The Morgan fingerprint density at radius 1 is 1.32 bits per heavy atom. The fourth-order valence-electron chi connectivity index (χ4n) is 1.78. The minimum Gasteiger partial charge on any atom is -0.507 e. The van der Waals surface area contributed by atoms with E-state index >= 15 is 0 Å². The molecule has 96 valence electrons. The predicted octanol–water partition coefficient (Wildman–Crippen LogP) is 3.57. The molecule has 0 aliphatic rings. The van der Waals surface area contributed by atoms with E-state index in [0.717, 1.165) is 11.1 Å². The zero-order valence-corrected chi connectivity index (χ0v) is 10.9. The van der Waals surface area contributed by atoms with E-state index in [0.29, 0.717) is 17.8 Å². The number of aromatic nitrogens is 1. The molecule has 1 aromatic carbocycles. The minimum absolute atomic E-state index is 0.250. The van der Waals surface area contributed by atoms with E-state index < -0.39 is 0 Å². The van der Waals surface area contributed by atoms with Crippen LogP contribution in [0.3, 0.4) is 0 Å². The number of allylic oxidation sites excluding steroid dienone is 1. The van der Waals surface area contributed by atoms with Crippen molar-refractivity contribution in [3.63, 3.8) is 0 Å². The van der Waals surface area contributed by atoms with Gasteiger partial charge in [-0.25, -0.2) is 9.98 Å². The van der Waals surface area contributed by atoms with Gasteiger partial charge in [0, 0.05) is 18.0 Å². The molecule has 0 spiro atoms. The first-order valence-corrected chi connectivity index (χ1v) is 6.10. The molecule has 1 N–H and O–H groups in total. The lowest BCUT2D eigenvalue weighted by Gasteiger charge is -2.04. The zero-order valence-electron chi connectivity index (χ0n) is 10.9. The number of rotatable bonds is 4. The van der Waals surface area contributed by atoms with E-state index in [-0.39, 0.29) is 5.75 Å². The first-order valence-electron chi connectivity index (χ1n) is 6.10. The van der Waals surface area contributed by atoms with Gasteiger partial charge in [0.15, 0.2) is 5.82 Å². The Hall–Kier alpha value is -2.42. The summed E-state index contributed by atoms with van der Waals surface area (Å²) < 4.78 is 0. The SMILES string of the molecule is C=CCc1cccc(C=Nc2ncccc2C)c1O. The maximum Gasteiger partial charge on any atom is 0.154 e. The molecular weight excluding hydrogens is 236 g/mol. The summed E-state index contributed by atoms with van der Waals surface area (Å²) in [6.07, 6.45) is 5.74. The number of hydrogen-bond acceptors (Lipinski definition) is 3. The number of pyridine rings is 1. The summed E-state index contributed by atoms with van der Waals surface area (Å²) in [6, 6.07) is 9.42. The van der Waals surface area contributed by atoms with Crippen molar-refractivity contribution in [2.45, 2.75) is 13.3 Å². The molecule has 19 heavy (non-hydrogen) atoms. The van der Waals surface area contributed by atoms with E-state index in [1.54, 1.807) is 18.5 Å². The standard InChI is InChI=1S/C16H16N2O/c1-3-6-13-8-4-9-14(15(13)19)11-18-16-12(2)7-5-10-17-16/h3-5,7-11,19H,1,6H2,2H3. The second kappa shape index (κ2) is 5.96. The maximum absolute atomic E-state index is 10.1. The number of aryl methyl sites for hydroxylation is 1. The van der Waals surface area contributed by atoms with Crippen molar-refractivity contribution in [1.29, 1.82) is 0 Å². The molecule has 0 unspecified atom stereocenters. The maximum atomic E-state index is 10.1. The summed E-state index contributed by atoms with van der Waals surface area (Å²) in [7, 11) is 0. The lowest BCUT2D eigenvalue weighted by atomic mass is 10.1. The van der Waals surface area contributed by atoms with Crippen molar-refractivity contribution in [2.24, 2.45) is 4.99 Å². The summed E-state index contributed by atoms with van der Waals surface area (Å²) in [5, 5.41) is 10.1. The van der Waals surface area contributed by atoms with Crippen molar-refractivity contribution >= 4 is 12.0 Å². The molecule has 0 aliphatic heterocycles. The fourth-order valence-corrected chi connectivity index (χ4v) is 1.78. The van der Waals surface area contributed by atoms with Crippen LogP contribution in [-0.2, 0) is 6.42 Å². The van der Waals surface area contributed by atoms with Gasteiger partial charge in [-0.1, -0.05) is 24.3 Å². The van der Waals surface area contributed by atoms with Crippen molar-refractivity contribution in [3.05, 3.63) is 65.9 Å². The van der Waals surface area contributed by atoms with E-state index in [1.165, 1.54) is 0 Å². The van der Waals surface area contributed by atoms with Crippen LogP contribution >= 0.6 is 0 Å². The average Bonchev–Trinajstić information content (AvgIpc) is 2.42. The van der Waals surface area contributed by atoms with E-state index in [2.05, 4.69) is 16.6 Å². The first kappa shape index (κ1) is 13.0. The van der Waals surface area contributed by atoms with Gasteiger partial charge in [-0.15, -0.1) is 6.58 Å². The van der Waals surface area contributed by atoms with Crippen LogP contribution in [0.2, 0.25) is 0 Å². The second-order valence-corrected chi connectivity index (χ2v) is 4.25. The van der Waals surface area contributed by atoms with Gasteiger partial charge in [-0.05, 0) is 36.6 Å². The number of hydrogen-bond donors (Lipinski definition) is 1. The smallest absolute Gasteiger partial charge is 0.154 e. The molecule has 0 saturated carbocycles. The summed E-state index contributed by atoms with van der Waals surface area (Å²) in [6.45, 7) is 5.63. The van der Waals surface area contributed by atoms with Crippen LogP contribution in [0.15, 0.2) is 54.2 Å². The van der Waals surface area contributed by atoms with Gasteiger partial charge in [0.2, 0.25) is 0 Å². The summed E-state index contributed by atoms with van der Waals surface area (Å²) in [5.74, 6) is 0.913. The van der Waals surface area contributed by atoms with Crippen LogP contribution in [0.25, 0.3) is 0 Å². The summed E-state index contributed by atoms with van der Waals surface area (Å²) in [5.41, 5.74) is 2.53. The highest BCUT2D eigenvalue weighted by atomic mass is 16.3. The van der Waals surface area contributed by atoms with Gasteiger partial charge < -0.3 is 5.11 Å². The Bertz CT molecular complexity index is 618. The largest absolute Gasteiger partial charge is 0.507 e. The van der Waals surface area contributed by atoms with Gasteiger partial charge >= 0.3 is 0 Å². The highest BCUT2D eigenvalue weighted by Crippen LogP contribution is 2.22. The first-order chi connectivity index (χ1) is 9.22. The van der Waals surface area contributed by atoms with Gasteiger partial charge in [-0.3, -0.25) is 0 Å². The van der Waals surface area contributed by atoms with E-state index in [9.17, 15) is 5.11 Å². The lowest BCUT2D eigenvalue weighted by molar-refractivity contribution is 0.469. The molecule has 0 amide bonds. The molecule has 0 aliphatic carbocycles. The third-order valence-electron chi connectivity index (χ3n) is 2.82. The molecular formula is C16H16N2O. The third-order valence-corrected chi connectivity index (χ3v) is 2.82. The van der Waals surface area contributed by atoms with Crippen molar-refractivity contribution in [1.82, 2.24) is 4.98 Å². The topological polar surface area (TPSA) is 45.5 Å². The Morgan fingerprint density at radius 2 is 2.16 bits per heavy atom. The van der Waals surface area contributed by atoms with Crippen molar-refractivity contribution < 1.29 is 5.11 Å². The van der Waals surface area contributed by atoms with Crippen LogP contribution < -0.4 is 0 Å². The van der Waals surface area contributed by atoms with Crippen LogP contribution in [0.1, 0.15) is 16.7 Å². The van der Waals surface area contributed by atoms with Crippen LogP contribution in [0.4, 0.5) is 5.82 Å². The number of nitrogens with zero attached hydrogens (tertiary/aromatic N) is 2. The second-order valence-electron chi connectivity index (χ2n) is 4.25. The minimum atomic E-state index is 0.250. The van der Waals surface area contributed by atoms with Gasteiger partial charge in [0.05, 0.1) is 0 Å². The quantitative estimate of drug-likeness (QED) is 0.667. The Balaban J connectivity index is 2.31. The summed E-state index contributed by atoms with van der Waals surface area (Å²) in [4.78, 5) is 8.50. The van der Waals surface area contributed by atoms with E-state index in [4.69, 9.17) is 0 Å². The van der Waals surface area contributed by atoms with Gasteiger partial charge in [-0.2, -0.15) is 0 Å².